The second kappa shape index (κ2) is 9.89. The third kappa shape index (κ3) is 5.39. The highest BCUT2D eigenvalue weighted by atomic mass is 35.5. The molecule has 0 fully saturated rings. The van der Waals surface area contributed by atoms with Crippen molar-refractivity contribution in [1.82, 2.24) is 5.32 Å². The van der Waals surface area contributed by atoms with E-state index >= 15 is 0 Å². The molecule has 0 aromatic heterocycles. The number of aryl methyl sites for hydroxylation is 1. The van der Waals surface area contributed by atoms with Gasteiger partial charge in [0.05, 0.1) is 17.2 Å². The van der Waals surface area contributed by atoms with E-state index < -0.39 is 29.1 Å². The summed E-state index contributed by atoms with van der Waals surface area (Å²) in [6.07, 6.45) is 0. The van der Waals surface area contributed by atoms with Crippen LogP contribution in [0.5, 0.6) is 0 Å². The first-order valence-electron chi connectivity index (χ1n) is 9.57. The molecule has 0 bridgehead atoms. The normalized spacial score (nSPS) is 17.9. The third-order valence-corrected chi connectivity index (χ3v) is 6.13. The van der Waals surface area contributed by atoms with Crippen LogP contribution in [0.2, 0.25) is 5.02 Å². The van der Waals surface area contributed by atoms with E-state index in [2.05, 4.69) is 10.6 Å². The number of halogens is 1. The van der Waals surface area contributed by atoms with E-state index in [4.69, 9.17) is 22.1 Å². The minimum atomic E-state index is -0.829. The largest absolute Gasteiger partial charge is 0.463 e. The Hall–Kier alpha value is -2.97. The smallest absolute Gasteiger partial charge is 0.337 e. The van der Waals surface area contributed by atoms with Crippen LogP contribution in [-0.4, -0.2) is 29.8 Å². The number of anilines is 1. The summed E-state index contributed by atoms with van der Waals surface area (Å²) in [5.74, 6) is -1.85. The van der Waals surface area contributed by atoms with Crippen LogP contribution < -0.4 is 16.4 Å². The maximum absolute atomic E-state index is 13.0. The summed E-state index contributed by atoms with van der Waals surface area (Å²) in [7, 11) is 0. The molecule has 1 aliphatic rings. The average Bonchev–Trinajstić information content (AvgIpc) is 3.08. The predicted molar refractivity (Wildman–Crippen MR) is 122 cm³/mol. The number of benzene rings is 2. The predicted octanol–water partition coefficient (Wildman–Crippen LogP) is 3.93. The number of amides is 3. The molecule has 3 amide bonds. The standard InChI is InChI=1S/C22H22ClN3O4S/c1-3-30-21(28)17-16(13-6-8-14(23)9-7-13)18(31-19(17)24)20(27)26-22(29)25-15-10-4-12(2)5-11-15/h4-11,16,18H,3,24H2,1-2H3,(H2,25,26,27,29). The highest BCUT2D eigenvalue weighted by molar-refractivity contribution is 8.04. The molecule has 0 spiro atoms. The minimum Gasteiger partial charge on any atom is -0.463 e. The number of thioether (sulfide) groups is 1. The molecule has 2 aromatic rings. The highest BCUT2D eigenvalue weighted by Crippen LogP contribution is 2.46. The molecule has 4 N–H and O–H groups in total. The molecule has 0 saturated heterocycles. The van der Waals surface area contributed by atoms with E-state index in [1.54, 1.807) is 43.3 Å². The summed E-state index contributed by atoms with van der Waals surface area (Å²) < 4.78 is 5.14. The van der Waals surface area contributed by atoms with Crippen molar-refractivity contribution in [3.63, 3.8) is 0 Å². The molecule has 3 rings (SSSR count). The lowest BCUT2D eigenvalue weighted by molar-refractivity contribution is -0.138. The Bertz CT molecular complexity index is 1020. The minimum absolute atomic E-state index is 0.170. The molecule has 2 atom stereocenters. The number of imide groups is 1. The van der Waals surface area contributed by atoms with Crippen LogP contribution in [-0.2, 0) is 14.3 Å². The van der Waals surface area contributed by atoms with Crippen molar-refractivity contribution in [2.24, 2.45) is 5.73 Å². The van der Waals surface area contributed by atoms with Gasteiger partial charge in [-0.2, -0.15) is 0 Å². The van der Waals surface area contributed by atoms with Gasteiger partial charge in [0.15, 0.2) is 0 Å². The first-order valence-corrected chi connectivity index (χ1v) is 10.8. The van der Waals surface area contributed by atoms with Gasteiger partial charge in [0, 0.05) is 16.6 Å². The average molecular weight is 460 g/mol. The number of ether oxygens (including phenoxy) is 1. The summed E-state index contributed by atoms with van der Waals surface area (Å²) in [5.41, 5.74) is 8.56. The molecule has 9 heteroatoms. The number of nitrogens with two attached hydrogens (primary N) is 1. The lowest BCUT2D eigenvalue weighted by Crippen LogP contribution is -2.41. The van der Waals surface area contributed by atoms with Gasteiger partial charge in [-0.1, -0.05) is 53.2 Å². The first kappa shape index (κ1) is 22.7. The zero-order chi connectivity index (χ0) is 22.5. The van der Waals surface area contributed by atoms with Crippen molar-refractivity contribution in [3.8, 4) is 0 Å². The van der Waals surface area contributed by atoms with Crippen molar-refractivity contribution in [1.29, 1.82) is 0 Å². The van der Waals surface area contributed by atoms with Crippen LogP contribution in [0.1, 0.15) is 24.0 Å². The number of hydrogen-bond donors (Lipinski definition) is 3. The Balaban J connectivity index is 1.81. The van der Waals surface area contributed by atoms with Crippen LogP contribution >= 0.6 is 23.4 Å². The second-order valence-corrected chi connectivity index (χ2v) is 8.50. The summed E-state index contributed by atoms with van der Waals surface area (Å²) in [6.45, 7) is 3.79. The quantitative estimate of drug-likeness (QED) is 0.584. The van der Waals surface area contributed by atoms with Crippen molar-refractivity contribution >= 4 is 47.0 Å². The van der Waals surface area contributed by atoms with Gasteiger partial charge in [-0.3, -0.25) is 10.1 Å². The van der Waals surface area contributed by atoms with Crippen molar-refractivity contribution in [3.05, 3.63) is 75.3 Å². The summed E-state index contributed by atoms with van der Waals surface area (Å²) in [4.78, 5) is 37.9. The van der Waals surface area contributed by atoms with Gasteiger partial charge in [0.25, 0.3) is 0 Å². The van der Waals surface area contributed by atoms with Crippen LogP contribution in [0.3, 0.4) is 0 Å². The molecule has 0 radical (unpaired) electrons. The Morgan fingerprint density at radius 2 is 1.74 bits per heavy atom. The fourth-order valence-corrected chi connectivity index (χ4v) is 4.54. The monoisotopic (exact) mass is 459 g/mol. The molecule has 0 aliphatic carbocycles. The number of nitrogens with one attached hydrogen (secondary N) is 2. The van der Waals surface area contributed by atoms with Gasteiger partial charge < -0.3 is 15.8 Å². The molecular weight excluding hydrogens is 438 g/mol. The van der Waals surface area contributed by atoms with Crippen LogP contribution in [0.25, 0.3) is 0 Å². The third-order valence-electron chi connectivity index (χ3n) is 4.66. The SMILES string of the molecule is CCOC(=O)C1=C(N)SC(C(=O)NC(=O)Nc2ccc(C)cc2)C1c1ccc(Cl)cc1. The van der Waals surface area contributed by atoms with Crippen molar-refractivity contribution in [2.45, 2.75) is 25.0 Å². The van der Waals surface area contributed by atoms with Gasteiger partial charge in [-0.25, -0.2) is 9.59 Å². The molecular formula is C22H22ClN3O4S. The van der Waals surface area contributed by atoms with Crippen molar-refractivity contribution in [2.75, 3.05) is 11.9 Å². The van der Waals surface area contributed by atoms with E-state index in [-0.39, 0.29) is 17.2 Å². The molecule has 7 nitrogen and oxygen atoms in total. The molecule has 2 aromatic carbocycles. The van der Waals surface area contributed by atoms with Crippen LogP contribution in [0, 0.1) is 6.92 Å². The Morgan fingerprint density at radius 3 is 2.35 bits per heavy atom. The number of urea groups is 1. The van der Waals surface area contributed by atoms with E-state index in [0.29, 0.717) is 16.3 Å². The second-order valence-electron chi connectivity index (χ2n) is 6.88. The summed E-state index contributed by atoms with van der Waals surface area (Å²) in [6, 6.07) is 13.3. The topological polar surface area (TPSA) is 111 Å². The maximum atomic E-state index is 13.0. The molecule has 162 valence electrons. The van der Waals surface area contributed by atoms with Crippen molar-refractivity contribution < 1.29 is 19.1 Å². The summed E-state index contributed by atoms with van der Waals surface area (Å²) in [5, 5.41) is 4.83. The highest BCUT2D eigenvalue weighted by Gasteiger charge is 2.44. The molecule has 1 heterocycles. The molecule has 1 aliphatic heterocycles. The summed E-state index contributed by atoms with van der Waals surface area (Å²) >= 11 is 7.01. The first-order chi connectivity index (χ1) is 14.8. The number of carbonyl (C=O) groups excluding carboxylic acids is 3. The lowest BCUT2D eigenvalue weighted by atomic mass is 9.88. The molecule has 2 unspecified atom stereocenters. The van der Waals surface area contributed by atoms with Gasteiger partial charge in [0.2, 0.25) is 5.91 Å². The Labute approximate surface area is 189 Å². The zero-order valence-electron chi connectivity index (χ0n) is 17.0. The number of esters is 1. The number of hydrogen-bond acceptors (Lipinski definition) is 6. The van der Waals surface area contributed by atoms with E-state index in [1.165, 1.54) is 0 Å². The number of carbonyl (C=O) groups is 3. The lowest BCUT2D eigenvalue weighted by Gasteiger charge is -2.21. The van der Waals surface area contributed by atoms with Gasteiger partial charge >= 0.3 is 12.0 Å². The molecule has 31 heavy (non-hydrogen) atoms. The van der Waals surface area contributed by atoms with Crippen LogP contribution in [0.15, 0.2) is 59.1 Å². The van der Waals surface area contributed by atoms with Gasteiger partial charge in [-0.05, 0) is 43.7 Å². The Morgan fingerprint density at radius 1 is 1.10 bits per heavy atom. The van der Waals surface area contributed by atoms with Gasteiger partial charge in [-0.15, -0.1) is 0 Å². The van der Waals surface area contributed by atoms with E-state index in [9.17, 15) is 14.4 Å². The maximum Gasteiger partial charge on any atom is 0.337 e. The fourth-order valence-electron chi connectivity index (χ4n) is 3.21. The molecule has 0 saturated carbocycles. The zero-order valence-corrected chi connectivity index (χ0v) is 18.5. The van der Waals surface area contributed by atoms with E-state index in [0.717, 1.165) is 17.3 Å². The Kier molecular flexibility index (Phi) is 7.25. The van der Waals surface area contributed by atoms with Crippen LogP contribution in [0.4, 0.5) is 10.5 Å². The number of rotatable bonds is 5. The van der Waals surface area contributed by atoms with E-state index in [1.807, 2.05) is 19.1 Å². The van der Waals surface area contributed by atoms with Gasteiger partial charge in [0.1, 0.15) is 5.25 Å². The fraction of sp³-hybridized carbons (Fsp3) is 0.227.